The summed E-state index contributed by atoms with van der Waals surface area (Å²) in [5.74, 6) is 0.964. The summed E-state index contributed by atoms with van der Waals surface area (Å²) < 4.78 is 0. The van der Waals surface area contributed by atoms with Crippen molar-refractivity contribution in [3.05, 3.63) is 46.1 Å². The minimum Gasteiger partial charge on any atom is -0.391 e. The van der Waals surface area contributed by atoms with Crippen LogP contribution < -0.4 is 11.0 Å². The van der Waals surface area contributed by atoms with E-state index in [1.807, 2.05) is 12.1 Å². The molecule has 0 radical (unpaired) electrons. The molecule has 0 saturated heterocycles. The highest BCUT2D eigenvalue weighted by molar-refractivity contribution is 5.45. The largest absolute Gasteiger partial charge is 0.391 e. The molecule has 4 N–H and O–H groups in total. The van der Waals surface area contributed by atoms with Crippen LogP contribution >= 0.6 is 0 Å². The lowest BCUT2D eigenvalue weighted by molar-refractivity contribution is 0.185. The van der Waals surface area contributed by atoms with Gasteiger partial charge in [0.1, 0.15) is 5.82 Å². The number of aliphatic hydroxyl groups excluding tert-OH is 1. The van der Waals surface area contributed by atoms with Crippen molar-refractivity contribution in [2.24, 2.45) is 0 Å². The second kappa shape index (κ2) is 6.38. The van der Waals surface area contributed by atoms with E-state index < -0.39 is 6.10 Å². The minimum absolute atomic E-state index is 0.301. The minimum atomic E-state index is -0.612. The molecule has 0 spiro atoms. The Morgan fingerprint density at radius 3 is 2.55 bits per heavy atom. The third-order valence-electron chi connectivity index (χ3n) is 3.10. The molecule has 0 saturated carbocycles. The lowest BCUT2D eigenvalue weighted by Crippen LogP contribution is -2.22. The molecule has 6 heteroatoms. The third-order valence-corrected chi connectivity index (χ3v) is 3.10. The number of aromatic amines is 2. The Kier molecular flexibility index (Phi) is 4.57. The number of hydrogen-bond acceptors (Lipinski definition) is 4. The molecule has 1 atom stereocenters. The third kappa shape index (κ3) is 3.96. The lowest BCUT2D eigenvalue weighted by Gasteiger charge is -2.12. The first kappa shape index (κ1) is 14.3. The van der Waals surface area contributed by atoms with Crippen LogP contribution in [0.15, 0.2) is 29.1 Å². The molecule has 108 valence electrons. The van der Waals surface area contributed by atoms with Gasteiger partial charge in [-0.05, 0) is 23.6 Å². The van der Waals surface area contributed by atoms with Gasteiger partial charge in [-0.2, -0.15) is 5.10 Å². The first-order chi connectivity index (χ1) is 9.54. The van der Waals surface area contributed by atoms with Crippen LogP contribution in [0, 0.1) is 0 Å². The van der Waals surface area contributed by atoms with Crippen LogP contribution in [-0.2, 0) is 6.42 Å². The predicted molar refractivity (Wildman–Crippen MR) is 77.9 cm³/mol. The SMILES string of the molecule is CC(C)c1ccc(NCC(O)Cc2n[nH]c(=O)[nH]2)cc1. The van der Waals surface area contributed by atoms with Gasteiger partial charge in [0, 0.05) is 18.7 Å². The number of H-pyrrole nitrogens is 2. The van der Waals surface area contributed by atoms with Crippen molar-refractivity contribution in [2.75, 3.05) is 11.9 Å². The van der Waals surface area contributed by atoms with E-state index >= 15 is 0 Å². The smallest absolute Gasteiger partial charge is 0.340 e. The van der Waals surface area contributed by atoms with Crippen LogP contribution in [0.3, 0.4) is 0 Å². The maximum atomic E-state index is 10.9. The van der Waals surface area contributed by atoms with Crippen molar-refractivity contribution in [3.8, 4) is 0 Å². The topological polar surface area (TPSA) is 93.8 Å². The van der Waals surface area contributed by atoms with Crippen molar-refractivity contribution < 1.29 is 5.11 Å². The Hall–Kier alpha value is -2.08. The molecule has 0 aliphatic rings. The highest BCUT2D eigenvalue weighted by Gasteiger charge is 2.08. The maximum absolute atomic E-state index is 10.9. The zero-order valence-corrected chi connectivity index (χ0v) is 11.7. The molecular formula is C14H20N4O2. The second-order valence-electron chi connectivity index (χ2n) is 5.14. The molecular weight excluding hydrogens is 256 g/mol. The number of benzene rings is 1. The Morgan fingerprint density at radius 1 is 1.30 bits per heavy atom. The summed E-state index contributed by atoms with van der Waals surface area (Å²) in [4.78, 5) is 13.4. The number of hydrogen-bond donors (Lipinski definition) is 4. The van der Waals surface area contributed by atoms with Crippen molar-refractivity contribution in [1.82, 2.24) is 15.2 Å². The van der Waals surface area contributed by atoms with E-state index in [0.29, 0.717) is 24.7 Å². The summed E-state index contributed by atoms with van der Waals surface area (Å²) in [7, 11) is 0. The first-order valence-electron chi connectivity index (χ1n) is 6.70. The van der Waals surface area contributed by atoms with Crippen molar-refractivity contribution in [3.63, 3.8) is 0 Å². The van der Waals surface area contributed by atoms with E-state index in [9.17, 15) is 9.90 Å². The average Bonchev–Trinajstić information content (AvgIpc) is 2.82. The average molecular weight is 276 g/mol. The fourth-order valence-electron chi connectivity index (χ4n) is 1.92. The Balaban J connectivity index is 1.83. The number of rotatable bonds is 6. The molecule has 0 bridgehead atoms. The summed E-state index contributed by atoms with van der Waals surface area (Å²) in [5, 5.41) is 19.1. The summed E-state index contributed by atoms with van der Waals surface area (Å²) >= 11 is 0. The molecule has 1 unspecified atom stereocenters. The Bertz CT molecular complexity index is 586. The first-order valence-corrected chi connectivity index (χ1v) is 6.70. The molecule has 0 fully saturated rings. The van der Waals surface area contributed by atoms with Crippen molar-refractivity contribution in [2.45, 2.75) is 32.3 Å². The van der Waals surface area contributed by atoms with Crippen LogP contribution in [0.2, 0.25) is 0 Å². The lowest BCUT2D eigenvalue weighted by atomic mass is 10.0. The van der Waals surface area contributed by atoms with Gasteiger partial charge in [-0.15, -0.1) is 0 Å². The Morgan fingerprint density at radius 2 is 2.00 bits per heavy atom. The molecule has 6 nitrogen and oxygen atoms in total. The van der Waals surface area contributed by atoms with Crippen LogP contribution in [0.1, 0.15) is 31.2 Å². The van der Waals surface area contributed by atoms with Crippen LogP contribution in [-0.4, -0.2) is 32.9 Å². The summed E-state index contributed by atoms with van der Waals surface area (Å²) in [6, 6.07) is 8.14. The van der Waals surface area contributed by atoms with Gasteiger partial charge < -0.3 is 10.4 Å². The van der Waals surface area contributed by atoms with E-state index in [4.69, 9.17) is 0 Å². The van der Waals surface area contributed by atoms with E-state index in [2.05, 4.69) is 46.5 Å². The number of nitrogens with zero attached hydrogens (tertiary/aromatic N) is 1. The summed E-state index contributed by atoms with van der Waals surface area (Å²) in [6.07, 6.45) is -0.311. The van der Waals surface area contributed by atoms with Crippen LogP contribution in [0.5, 0.6) is 0 Å². The molecule has 0 aliphatic heterocycles. The van der Waals surface area contributed by atoms with Gasteiger partial charge in [-0.3, -0.25) is 4.98 Å². The molecule has 2 aromatic rings. The number of nitrogens with one attached hydrogen (secondary N) is 3. The predicted octanol–water partition coefficient (Wildman–Crippen LogP) is 1.24. The fraction of sp³-hybridized carbons (Fsp3) is 0.429. The van der Waals surface area contributed by atoms with Gasteiger partial charge in [-0.25, -0.2) is 9.89 Å². The molecule has 0 aliphatic carbocycles. The molecule has 1 heterocycles. The van der Waals surface area contributed by atoms with Gasteiger partial charge in [0.15, 0.2) is 0 Å². The van der Waals surface area contributed by atoms with Gasteiger partial charge in [0.2, 0.25) is 0 Å². The normalized spacial score (nSPS) is 12.6. The monoisotopic (exact) mass is 276 g/mol. The molecule has 2 rings (SSSR count). The van der Waals surface area contributed by atoms with Crippen molar-refractivity contribution in [1.29, 1.82) is 0 Å². The van der Waals surface area contributed by atoms with Gasteiger partial charge in [0.05, 0.1) is 6.10 Å². The second-order valence-corrected chi connectivity index (χ2v) is 5.14. The molecule has 1 aromatic heterocycles. The van der Waals surface area contributed by atoms with Gasteiger partial charge in [-0.1, -0.05) is 26.0 Å². The van der Waals surface area contributed by atoms with Gasteiger partial charge >= 0.3 is 5.69 Å². The number of aromatic nitrogens is 3. The maximum Gasteiger partial charge on any atom is 0.340 e. The number of aliphatic hydroxyl groups is 1. The van der Waals surface area contributed by atoms with Crippen LogP contribution in [0.25, 0.3) is 0 Å². The van der Waals surface area contributed by atoms with E-state index in [1.165, 1.54) is 5.56 Å². The molecule has 20 heavy (non-hydrogen) atoms. The van der Waals surface area contributed by atoms with E-state index in [-0.39, 0.29) is 5.69 Å². The fourth-order valence-corrected chi connectivity index (χ4v) is 1.92. The summed E-state index contributed by atoms with van der Waals surface area (Å²) in [6.45, 7) is 4.70. The van der Waals surface area contributed by atoms with Crippen LogP contribution in [0.4, 0.5) is 5.69 Å². The van der Waals surface area contributed by atoms with E-state index in [0.717, 1.165) is 5.69 Å². The molecule has 0 amide bonds. The zero-order valence-electron chi connectivity index (χ0n) is 11.7. The quantitative estimate of drug-likeness (QED) is 0.638. The number of anilines is 1. The zero-order chi connectivity index (χ0) is 14.5. The highest BCUT2D eigenvalue weighted by atomic mass is 16.3. The van der Waals surface area contributed by atoms with E-state index in [1.54, 1.807) is 0 Å². The van der Waals surface area contributed by atoms with Crippen molar-refractivity contribution >= 4 is 5.69 Å². The standard InChI is InChI=1S/C14H20N4O2/c1-9(2)10-3-5-11(6-4-10)15-8-12(19)7-13-16-14(20)18-17-13/h3-6,9,12,15,19H,7-8H2,1-2H3,(H2,16,17,18,20). The van der Waals surface area contributed by atoms with Gasteiger partial charge in [0.25, 0.3) is 0 Å². The highest BCUT2D eigenvalue weighted by Crippen LogP contribution is 2.17. The molecule has 1 aromatic carbocycles. The Labute approximate surface area is 117 Å². The summed E-state index contributed by atoms with van der Waals surface area (Å²) in [5.41, 5.74) is 1.89.